The lowest BCUT2D eigenvalue weighted by atomic mass is 10.1. The number of hydrogen-bond acceptors (Lipinski definition) is 3. The molecular weight excluding hydrogens is 324 g/mol. The summed E-state index contributed by atoms with van der Waals surface area (Å²) >= 11 is 0. The molecule has 0 saturated heterocycles. The zero-order valence-electron chi connectivity index (χ0n) is 16.2. The average molecular weight is 357 g/mol. The number of guanidine groups is 1. The van der Waals surface area contributed by atoms with E-state index in [4.69, 9.17) is 4.99 Å². The number of benzene rings is 1. The maximum absolute atomic E-state index is 4.85. The fraction of sp³-hybridized carbons (Fsp3) is 0.500. The molecule has 142 valence electrons. The van der Waals surface area contributed by atoms with Gasteiger partial charge >= 0.3 is 0 Å². The number of likely N-dealkylation sites (N-methyl/N-ethyl adjacent to an activating group) is 1. The summed E-state index contributed by atoms with van der Waals surface area (Å²) in [5.41, 5.74) is 1.31. The summed E-state index contributed by atoms with van der Waals surface area (Å²) < 4.78 is 1.92. The van der Waals surface area contributed by atoms with E-state index in [-0.39, 0.29) is 6.04 Å². The van der Waals surface area contributed by atoms with Crippen molar-refractivity contribution in [2.24, 2.45) is 4.99 Å². The van der Waals surface area contributed by atoms with Crippen LogP contribution < -0.4 is 10.6 Å². The zero-order chi connectivity index (χ0) is 18.6. The summed E-state index contributed by atoms with van der Waals surface area (Å²) in [6.07, 6.45) is 3.77. The van der Waals surface area contributed by atoms with E-state index in [1.807, 2.05) is 16.9 Å². The fourth-order valence-electron chi connectivity index (χ4n) is 3.01. The molecule has 2 aromatic rings. The van der Waals surface area contributed by atoms with Gasteiger partial charge in [-0.2, -0.15) is 5.10 Å². The third kappa shape index (κ3) is 6.19. The Labute approximate surface area is 157 Å². The van der Waals surface area contributed by atoms with Crippen LogP contribution in [-0.2, 0) is 6.54 Å². The molecule has 0 spiro atoms. The van der Waals surface area contributed by atoms with Crippen molar-refractivity contribution in [1.82, 2.24) is 25.3 Å². The number of nitrogens with zero attached hydrogens (tertiary/aromatic N) is 4. The van der Waals surface area contributed by atoms with Crippen molar-refractivity contribution in [3.8, 4) is 0 Å². The van der Waals surface area contributed by atoms with E-state index in [1.165, 1.54) is 5.56 Å². The average Bonchev–Trinajstić information content (AvgIpc) is 3.19. The van der Waals surface area contributed by atoms with E-state index < -0.39 is 0 Å². The van der Waals surface area contributed by atoms with Crippen LogP contribution in [0.1, 0.15) is 32.4 Å². The summed E-state index contributed by atoms with van der Waals surface area (Å²) in [4.78, 5) is 7.30. The van der Waals surface area contributed by atoms with E-state index in [0.717, 1.165) is 45.2 Å². The SMILES string of the molecule is CCNC(=NCC(c1ccccc1)N(CC)CC)NCCn1cccn1. The molecule has 1 aromatic carbocycles. The van der Waals surface area contributed by atoms with Crippen LogP contribution in [0.25, 0.3) is 0 Å². The van der Waals surface area contributed by atoms with Gasteiger partial charge in [-0.3, -0.25) is 14.6 Å². The standard InChI is InChI=1S/C20H32N6/c1-4-21-20(22-14-16-26-15-10-13-24-26)23-17-19(25(5-2)6-3)18-11-8-7-9-12-18/h7-13,15,19H,4-6,14,16-17H2,1-3H3,(H2,21,22,23). The Bertz CT molecular complexity index is 619. The van der Waals surface area contributed by atoms with Crippen LogP contribution in [0.5, 0.6) is 0 Å². The van der Waals surface area contributed by atoms with Crippen molar-refractivity contribution < 1.29 is 0 Å². The molecule has 6 nitrogen and oxygen atoms in total. The second-order valence-corrected chi connectivity index (χ2v) is 6.06. The van der Waals surface area contributed by atoms with E-state index in [0.29, 0.717) is 0 Å². The third-order valence-electron chi connectivity index (χ3n) is 4.40. The number of aliphatic imine (C=N–C) groups is 1. The van der Waals surface area contributed by atoms with Crippen molar-refractivity contribution in [3.05, 3.63) is 54.4 Å². The Kier molecular flexibility index (Phi) is 8.69. The first-order chi connectivity index (χ1) is 12.8. The number of hydrogen-bond donors (Lipinski definition) is 2. The van der Waals surface area contributed by atoms with Gasteiger partial charge in [0.25, 0.3) is 0 Å². The van der Waals surface area contributed by atoms with Crippen molar-refractivity contribution in [2.75, 3.05) is 32.7 Å². The number of nitrogens with one attached hydrogen (secondary N) is 2. The lowest BCUT2D eigenvalue weighted by Gasteiger charge is -2.29. The monoisotopic (exact) mass is 356 g/mol. The molecule has 2 rings (SSSR count). The summed E-state index contributed by atoms with van der Waals surface area (Å²) in [6, 6.07) is 12.9. The minimum absolute atomic E-state index is 0.285. The summed E-state index contributed by atoms with van der Waals surface area (Å²) in [7, 11) is 0. The van der Waals surface area contributed by atoms with Crippen LogP contribution in [0.15, 0.2) is 53.8 Å². The molecule has 1 unspecified atom stereocenters. The van der Waals surface area contributed by atoms with Crippen molar-refractivity contribution >= 4 is 5.96 Å². The molecule has 0 bridgehead atoms. The Morgan fingerprint density at radius 2 is 1.88 bits per heavy atom. The van der Waals surface area contributed by atoms with Crippen LogP contribution >= 0.6 is 0 Å². The summed E-state index contributed by atoms with van der Waals surface area (Å²) in [5.74, 6) is 0.854. The molecule has 0 saturated carbocycles. The zero-order valence-corrected chi connectivity index (χ0v) is 16.2. The number of rotatable bonds is 10. The second kappa shape index (κ2) is 11.3. The van der Waals surface area contributed by atoms with Gasteiger partial charge in [0.15, 0.2) is 5.96 Å². The normalized spacial score (nSPS) is 13.0. The van der Waals surface area contributed by atoms with Crippen LogP contribution in [0, 0.1) is 0 Å². The van der Waals surface area contributed by atoms with Crippen LogP contribution in [0.3, 0.4) is 0 Å². The van der Waals surface area contributed by atoms with E-state index in [1.54, 1.807) is 6.20 Å². The van der Waals surface area contributed by atoms with Crippen molar-refractivity contribution in [2.45, 2.75) is 33.4 Å². The molecule has 0 radical (unpaired) electrons. The van der Waals surface area contributed by atoms with Gasteiger partial charge in [-0.05, 0) is 31.6 Å². The molecule has 6 heteroatoms. The van der Waals surface area contributed by atoms with E-state index in [9.17, 15) is 0 Å². The second-order valence-electron chi connectivity index (χ2n) is 6.06. The predicted octanol–water partition coefficient (Wildman–Crippen LogP) is 2.52. The molecule has 0 aliphatic rings. The first-order valence-electron chi connectivity index (χ1n) is 9.57. The summed E-state index contributed by atoms with van der Waals surface area (Å²) in [5, 5.41) is 11.0. The molecule has 2 N–H and O–H groups in total. The van der Waals surface area contributed by atoms with Crippen LogP contribution in [0.2, 0.25) is 0 Å². The highest BCUT2D eigenvalue weighted by Gasteiger charge is 2.17. The molecule has 1 aromatic heterocycles. The topological polar surface area (TPSA) is 57.5 Å². The van der Waals surface area contributed by atoms with Crippen molar-refractivity contribution in [3.63, 3.8) is 0 Å². The Hall–Kier alpha value is -2.34. The molecule has 0 aliphatic carbocycles. The fourth-order valence-corrected chi connectivity index (χ4v) is 3.01. The van der Waals surface area contributed by atoms with Crippen LogP contribution in [-0.4, -0.2) is 53.4 Å². The highest BCUT2D eigenvalue weighted by molar-refractivity contribution is 5.79. The lowest BCUT2D eigenvalue weighted by molar-refractivity contribution is 0.224. The molecule has 0 amide bonds. The van der Waals surface area contributed by atoms with Gasteiger partial charge in [-0.1, -0.05) is 44.2 Å². The molecule has 26 heavy (non-hydrogen) atoms. The summed E-state index contributed by atoms with van der Waals surface area (Å²) in [6.45, 7) is 11.7. The predicted molar refractivity (Wildman–Crippen MR) is 108 cm³/mol. The maximum atomic E-state index is 4.85. The quantitative estimate of drug-likeness (QED) is 0.507. The highest BCUT2D eigenvalue weighted by Crippen LogP contribution is 2.20. The molecule has 0 aliphatic heterocycles. The van der Waals surface area contributed by atoms with Gasteiger partial charge in [0, 0.05) is 25.5 Å². The van der Waals surface area contributed by atoms with Gasteiger partial charge in [-0.25, -0.2) is 0 Å². The molecular formula is C20H32N6. The number of aromatic nitrogens is 2. The van der Waals surface area contributed by atoms with Gasteiger partial charge in [-0.15, -0.1) is 0 Å². The van der Waals surface area contributed by atoms with Gasteiger partial charge in [0.05, 0.1) is 19.1 Å². The third-order valence-corrected chi connectivity index (χ3v) is 4.40. The molecule has 1 heterocycles. The Morgan fingerprint density at radius 3 is 2.50 bits per heavy atom. The Morgan fingerprint density at radius 1 is 1.12 bits per heavy atom. The van der Waals surface area contributed by atoms with Crippen LogP contribution in [0.4, 0.5) is 0 Å². The van der Waals surface area contributed by atoms with Gasteiger partial charge < -0.3 is 10.6 Å². The van der Waals surface area contributed by atoms with E-state index >= 15 is 0 Å². The minimum Gasteiger partial charge on any atom is -0.357 e. The van der Waals surface area contributed by atoms with E-state index in [2.05, 4.69) is 71.7 Å². The highest BCUT2D eigenvalue weighted by atomic mass is 15.3. The minimum atomic E-state index is 0.285. The smallest absolute Gasteiger partial charge is 0.191 e. The first-order valence-corrected chi connectivity index (χ1v) is 9.57. The lowest BCUT2D eigenvalue weighted by Crippen LogP contribution is -2.40. The van der Waals surface area contributed by atoms with Gasteiger partial charge in [0.1, 0.15) is 0 Å². The maximum Gasteiger partial charge on any atom is 0.191 e. The molecule has 0 fully saturated rings. The van der Waals surface area contributed by atoms with Gasteiger partial charge in [0.2, 0.25) is 0 Å². The largest absolute Gasteiger partial charge is 0.357 e. The Balaban J connectivity index is 2.02. The first kappa shape index (κ1) is 20.0. The molecule has 1 atom stereocenters. The van der Waals surface area contributed by atoms with Crippen molar-refractivity contribution in [1.29, 1.82) is 0 Å².